The Kier molecular flexibility index (Phi) is 3.19. The molecule has 1 atom stereocenters. The van der Waals surface area contributed by atoms with Crippen molar-refractivity contribution in [1.29, 1.82) is 0 Å². The first-order valence-corrected chi connectivity index (χ1v) is 5.08. The maximum atomic E-state index is 13.4. The van der Waals surface area contributed by atoms with Gasteiger partial charge in [-0.1, -0.05) is 0 Å². The predicted octanol–water partition coefficient (Wildman–Crippen LogP) is 1.61. The van der Waals surface area contributed by atoms with E-state index in [9.17, 15) is 18.9 Å². The highest BCUT2D eigenvalue weighted by atomic mass is 19.1. The second kappa shape index (κ2) is 4.62. The monoisotopic (exact) mass is 244 g/mol. The maximum absolute atomic E-state index is 13.4. The van der Waals surface area contributed by atoms with Gasteiger partial charge in [0.15, 0.2) is 11.6 Å². The molecule has 1 saturated heterocycles. The van der Waals surface area contributed by atoms with Crippen LogP contribution >= 0.6 is 0 Å². The SMILES string of the molecule is O=[N+]([O-])c1cc(F)c(O[C@@H]2CCNC2)cc1F. The molecule has 0 unspecified atom stereocenters. The highest BCUT2D eigenvalue weighted by molar-refractivity contribution is 5.39. The molecular formula is C10H10F2N2O3. The Labute approximate surface area is 95.5 Å². The first kappa shape index (κ1) is 11.7. The van der Waals surface area contributed by atoms with Gasteiger partial charge in [0.2, 0.25) is 5.82 Å². The van der Waals surface area contributed by atoms with Crippen LogP contribution in [0.4, 0.5) is 14.5 Å². The number of nitrogens with one attached hydrogen (secondary N) is 1. The smallest absolute Gasteiger partial charge is 0.307 e. The van der Waals surface area contributed by atoms with Gasteiger partial charge in [-0.15, -0.1) is 0 Å². The normalized spacial score (nSPS) is 19.3. The molecule has 0 bridgehead atoms. The highest BCUT2D eigenvalue weighted by Gasteiger charge is 2.22. The zero-order chi connectivity index (χ0) is 12.4. The fourth-order valence-electron chi connectivity index (χ4n) is 1.66. The molecule has 0 aromatic heterocycles. The Morgan fingerprint density at radius 1 is 1.41 bits per heavy atom. The summed E-state index contributed by atoms with van der Waals surface area (Å²) in [6, 6.07) is 1.25. The van der Waals surface area contributed by atoms with Crippen molar-refractivity contribution >= 4 is 5.69 Å². The molecule has 1 aromatic rings. The number of nitro benzene ring substituents is 1. The van der Waals surface area contributed by atoms with Gasteiger partial charge in [-0.25, -0.2) is 4.39 Å². The average Bonchev–Trinajstić information content (AvgIpc) is 2.75. The predicted molar refractivity (Wildman–Crippen MR) is 54.9 cm³/mol. The summed E-state index contributed by atoms with van der Waals surface area (Å²) in [4.78, 5) is 9.41. The molecule has 5 nitrogen and oxygen atoms in total. The molecule has 1 heterocycles. The summed E-state index contributed by atoms with van der Waals surface area (Å²) in [5.74, 6) is -2.32. The van der Waals surface area contributed by atoms with Gasteiger partial charge in [-0.05, 0) is 13.0 Å². The number of nitrogens with zero attached hydrogens (tertiary/aromatic N) is 1. The zero-order valence-corrected chi connectivity index (χ0v) is 8.78. The van der Waals surface area contributed by atoms with Gasteiger partial charge in [0.25, 0.3) is 0 Å². The number of halogens is 2. The molecule has 1 N–H and O–H groups in total. The minimum Gasteiger partial charge on any atom is -0.486 e. The topological polar surface area (TPSA) is 64.4 Å². The molecule has 1 aliphatic heterocycles. The van der Waals surface area contributed by atoms with E-state index in [1.807, 2.05) is 0 Å². The van der Waals surface area contributed by atoms with E-state index in [2.05, 4.69) is 5.32 Å². The van der Waals surface area contributed by atoms with Crippen LogP contribution in [0.15, 0.2) is 12.1 Å². The Bertz CT molecular complexity index is 447. The van der Waals surface area contributed by atoms with Crippen LogP contribution in [-0.4, -0.2) is 24.1 Å². The van der Waals surface area contributed by atoms with Gasteiger partial charge >= 0.3 is 5.69 Å². The summed E-state index contributed by atoms with van der Waals surface area (Å²) in [5.41, 5.74) is -0.889. The average molecular weight is 244 g/mol. The molecule has 0 aliphatic carbocycles. The lowest BCUT2D eigenvalue weighted by molar-refractivity contribution is -0.387. The number of rotatable bonds is 3. The van der Waals surface area contributed by atoms with E-state index in [1.165, 1.54) is 0 Å². The molecular weight excluding hydrogens is 234 g/mol. The third kappa shape index (κ3) is 2.50. The summed E-state index contributed by atoms with van der Waals surface area (Å²) >= 11 is 0. The minimum atomic E-state index is -1.10. The molecule has 1 fully saturated rings. The lowest BCUT2D eigenvalue weighted by Crippen LogP contribution is -2.20. The van der Waals surface area contributed by atoms with E-state index in [4.69, 9.17) is 4.74 Å². The maximum Gasteiger partial charge on any atom is 0.307 e. The van der Waals surface area contributed by atoms with Gasteiger partial charge in [0.05, 0.1) is 11.0 Å². The van der Waals surface area contributed by atoms with Gasteiger partial charge in [0, 0.05) is 12.6 Å². The van der Waals surface area contributed by atoms with E-state index in [0.717, 1.165) is 6.54 Å². The fraction of sp³-hybridized carbons (Fsp3) is 0.400. The summed E-state index contributed by atoms with van der Waals surface area (Å²) in [6.45, 7) is 1.31. The van der Waals surface area contributed by atoms with Crippen molar-refractivity contribution in [2.24, 2.45) is 0 Å². The molecule has 7 heteroatoms. The Hall–Kier alpha value is -1.76. The molecule has 0 radical (unpaired) electrons. The quantitative estimate of drug-likeness (QED) is 0.648. The Morgan fingerprint density at radius 3 is 2.76 bits per heavy atom. The van der Waals surface area contributed by atoms with Crippen molar-refractivity contribution in [3.63, 3.8) is 0 Å². The van der Waals surface area contributed by atoms with Gasteiger partial charge < -0.3 is 10.1 Å². The van der Waals surface area contributed by atoms with Crippen molar-refractivity contribution in [1.82, 2.24) is 5.32 Å². The molecule has 1 aliphatic rings. The second-order valence-electron chi connectivity index (χ2n) is 3.72. The lowest BCUT2D eigenvalue weighted by Gasteiger charge is -2.12. The van der Waals surface area contributed by atoms with Crippen LogP contribution in [0.1, 0.15) is 6.42 Å². The van der Waals surface area contributed by atoms with Crippen LogP contribution in [0.3, 0.4) is 0 Å². The Balaban J connectivity index is 2.23. The zero-order valence-electron chi connectivity index (χ0n) is 8.78. The van der Waals surface area contributed by atoms with Gasteiger partial charge in [0.1, 0.15) is 6.10 Å². The van der Waals surface area contributed by atoms with Crippen LogP contribution < -0.4 is 10.1 Å². The first-order chi connectivity index (χ1) is 8.08. The second-order valence-corrected chi connectivity index (χ2v) is 3.72. The van der Waals surface area contributed by atoms with Crippen LogP contribution in [0.2, 0.25) is 0 Å². The molecule has 0 saturated carbocycles. The van der Waals surface area contributed by atoms with Crippen molar-refractivity contribution < 1.29 is 18.4 Å². The highest BCUT2D eigenvalue weighted by Crippen LogP contribution is 2.27. The summed E-state index contributed by atoms with van der Waals surface area (Å²) in [7, 11) is 0. The molecule has 0 spiro atoms. The first-order valence-electron chi connectivity index (χ1n) is 5.08. The molecule has 0 amide bonds. The summed E-state index contributed by atoms with van der Waals surface area (Å²) in [6.07, 6.45) is 0.461. The van der Waals surface area contributed by atoms with Gasteiger partial charge in [-0.2, -0.15) is 4.39 Å². The van der Waals surface area contributed by atoms with Crippen molar-refractivity contribution in [2.75, 3.05) is 13.1 Å². The molecule has 2 rings (SSSR count). The number of hydrogen-bond acceptors (Lipinski definition) is 4. The van der Waals surface area contributed by atoms with E-state index in [-0.39, 0.29) is 11.9 Å². The van der Waals surface area contributed by atoms with Crippen LogP contribution in [-0.2, 0) is 0 Å². The van der Waals surface area contributed by atoms with E-state index in [0.29, 0.717) is 25.1 Å². The number of ether oxygens (including phenoxy) is 1. The molecule has 17 heavy (non-hydrogen) atoms. The third-order valence-corrected chi connectivity index (χ3v) is 2.51. The standard InChI is InChI=1S/C10H10F2N2O3/c11-7-4-10(17-6-1-2-13-5-6)8(12)3-9(7)14(15)16/h3-4,6,13H,1-2,5H2/t6-/m1/s1. The fourth-order valence-corrected chi connectivity index (χ4v) is 1.66. The molecule has 1 aromatic carbocycles. The van der Waals surface area contributed by atoms with E-state index < -0.39 is 22.2 Å². The third-order valence-electron chi connectivity index (χ3n) is 2.51. The number of benzene rings is 1. The Morgan fingerprint density at radius 2 is 2.18 bits per heavy atom. The van der Waals surface area contributed by atoms with Crippen LogP contribution in [0.5, 0.6) is 5.75 Å². The largest absolute Gasteiger partial charge is 0.486 e. The van der Waals surface area contributed by atoms with Gasteiger partial charge in [-0.3, -0.25) is 10.1 Å². The summed E-state index contributed by atoms with van der Waals surface area (Å²) in [5, 5.41) is 13.4. The number of hydrogen-bond donors (Lipinski definition) is 1. The van der Waals surface area contributed by atoms with Crippen LogP contribution in [0.25, 0.3) is 0 Å². The van der Waals surface area contributed by atoms with E-state index >= 15 is 0 Å². The van der Waals surface area contributed by atoms with E-state index in [1.54, 1.807) is 0 Å². The lowest BCUT2D eigenvalue weighted by atomic mass is 10.2. The summed E-state index contributed by atoms with van der Waals surface area (Å²) < 4.78 is 31.9. The van der Waals surface area contributed by atoms with Crippen molar-refractivity contribution in [2.45, 2.75) is 12.5 Å². The molecule has 92 valence electrons. The van der Waals surface area contributed by atoms with Crippen molar-refractivity contribution in [3.8, 4) is 5.75 Å². The van der Waals surface area contributed by atoms with Crippen molar-refractivity contribution in [3.05, 3.63) is 33.9 Å². The number of nitro groups is 1. The minimum absolute atomic E-state index is 0.231. The van der Waals surface area contributed by atoms with Crippen LogP contribution in [0, 0.1) is 21.7 Å².